The molecule has 6 heteroatoms. The normalized spacial score (nSPS) is 14.2. The maximum atomic E-state index is 11.5. The van der Waals surface area contributed by atoms with E-state index in [4.69, 9.17) is 10.5 Å². The summed E-state index contributed by atoms with van der Waals surface area (Å²) in [6.07, 6.45) is 2.25. The zero-order valence-electron chi connectivity index (χ0n) is 12.2. The van der Waals surface area contributed by atoms with Crippen LogP contribution in [-0.4, -0.2) is 27.9 Å². The molecule has 1 aliphatic rings. The number of Topliss-reactive ketones (excluding diaryl/α,β-unsaturated/α-hetero) is 1. The fraction of sp³-hybridized carbons (Fsp3) is 0.400. The molecule has 21 heavy (non-hydrogen) atoms. The summed E-state index contributed by atoms with van der Waals surface area (Å²) in [7, 11) is 1.61. The Morgan fingerprint density at radius 2 is 2.24 bits per heavy atom. The van der Waals surface area contributed by atoms with Crippen molar-refractivity contribution in [2.75, 3.05) is 12.8 Å². The zero-order valence-corrected chi connectivity index (χ0v) is 12.2. The largest absolute Gasteiger partial charge is 0.496 e. The van der Waals surface area contributed by atoms with Crippen molar-refractivity contribution in [2.24, 2.45) is 0 Å². The lowest BCUT2D eigenvalue weighted by molar-refractivity contribution is 0.101. The van der Waals surface area contributed by atoms with Gasteiger partial charge >= 0.3 is 0 Å². The molecule has 1 aromatic carbocycles. The Kier molecular flexibility index (Phi) is 3.37. The third-order valence-corrected chi connectivity index (χ3v) is 3.77. The summed E-state index contributed by atoms with van der Waals surface area (Å²) in [6.45, 7) is 2.05. The van der Waals surface area contributed by atoms with Gasteiger partial charge in [-0.25, -0.2) is 4.68 Å². The van der Waals surface area contributed by atoms with Crippen LogP contribution in [-0.2, 0) is 6.54 Å². The topological polar surface area (TPSA) is 83.0 Å². The molecule has 110 valence electrons. The van der Waals surface area contributed by atoms with Crippen LogP contribution in [0.3, 0.4) is 0 Å². The second-order valence-electron chi connectivity index (χ2n) is 5.37. The van der Waals surface area contributed by atoms with Gasteiger partial charge < -0.3 is 10.5 Å². The SMILES string of the molecule is COc1ccc(C(C)=O)cc1Cn1nnc(N)c1C1CC1. The van der Waals surface area contributed by atoms with E-state index in [-0.39, 0.29) is 5.78 Å². The summed E-state index contributed by atoms with van der Waals surface area (Å²) in [4.78, 5) is 11.5. The van der Waals surface area contributed by atoms with Gasteiger partial charge in [-0.05, 0) is 38.0 Å². The molecule has 1 heterocycles. The van der Waals surface area contributed by atoms with Gasteiger partial charge in [0.25, 0.3) is 0 Å². The average molecular weight is 286 g/mol. The quantitative estimate of drug-likeness (QED) is 0.850. The summed E-state index contributed by atoms with van der Waals surface area (Å²) in [5.41, 5.74) is 8.45. The first kappa shape index (κ1) is 13.6. The Balaban J connectivity index is 1.97. The van der Waals surface area contributed by atoms with E-state index >= 15 is 0 Å². The summed E-state index contributed by atoms with van der Waals surface area (Å²) < 4.78 is 7.19. The minimum atomic E-state index is 0.0272. The van der Waals surface area contributed by atoms with Crippen LogP contribution < -0.4 is 10.5 Å². The van der Waals surface area contributed by atoms with Crippen LogP contribution in [0.25, 0.3) is 0 Å². The highest BCUT2D eigenvalue weighted by Crippen LogP contribution is 2.42. The van der Waals surface area contributed by atoms with Crippen LogP contribution in [0.1, 0.15) is 47.3 Å². The summed E-state index contributed by atoms with van der Waals surface area (Å²) in [5, 5.41) is 8.09. The van der Waals surface area contributed by atoms with E-state index in [1.165, 1.54) is 0 Å². The first-order valence-corrected chi connectivity index (χ1v) is 6.97. The van der Waals surface area contributed by atoms with Crippen LogP contribution in [0.4, 0.5) is 5.82 Å². The fourth-order valence-electron chi connectivity index (χ4n) is 2.51. The Morgan fingerprint density at radius 3 is 2.86 bits per heavy atom. The molecule has 0 saturated heterocycles. The van der Waals surface area contributed by atoms with Gasteiger partial charge in [-0.3, -0.25) is 4.79 Å². The van der Waals surface area contributed by atoms with Crippen LogP contribution in [0.5, 0.6) is 5.75 Å². The Labute approximate surface area is 122 Å². The molecular formula is C15H18N4O2. The number of benzene rings is 1. The number of rotatable bonds is 5. The van der Waals surface area contributed by atoms with E-state index in [1.54, 1.807) is 20.1 Å². The maximum absolute atomic E-state index is 11.5. The summed E-state index contributed by atoms with van der Waals surface area (Å²) >= 11 is 0. The number of ether oxygens (including phenoxy) is 1. The lowest BCUT2D eigenvalue weighted by Gasteiger charge is -2.11. The van der Waals surface area contributed by atoms with Crippen molar-refractivity contribution in [2.45, 2.75) is 32.2 Å². The molecule has 0 atom stereocenters. The number of methoxy groups -OCH3 is 1. The van der Waals surface area contributed by atoms with E-state index < -0.39 is 0 Å². The molecule has 1 fully saturated rings. The predicted molar refractivity (Wildman–Crippen MR) is 78.5 cm³/mol. The van der Waals surface area contributed by atoms with Gasteiger partial charge in [0.1, 0.15) is 5.75 Å². The van der Waals surface area contributed by atoms with Crippen LogP contribution >= 0.6 is 0 Å². The van der Waals surface area contributed by atoms with Crippen LogP contribution in [0, 0.1) is 0 Å². The van der Waals surface area contributed by atoms with Gasteiger partial charge in [0, 0.05) is 17.0 Å². The van der Waals surface area contributed by atoms with E-state index in [2.05, 4.69) is 10.3 Å². The highest BCUT2D eigenvalue weighted by atomic mass is 16.5. The summed E-state index contributed by atoms with van der Waals surface area (Å²) in [5.74, 6) is 1.72. The first-order chi connectivity index (χ1) is 10.1. The average Bonchev–Trinajstić information content (AvgIpc) is 3.23. The van der Waals surface area contributed by atoms with Gasteiger partial charge in [0.05, 0.1) is 19.3 Å². The number of hydrogen-bond acceptors (Lipinski definition) is 5. The second kappa shape index (κ2) is 5.20. The molecule has 0 radical (unpaired) electrons. The van der Waals surface area contributed by atoms with Gasteiger partial charge in [-0.1, -0.05) is 5.21 Å². The van der Waals surface area contributed by atoms with Crippen molar-refractivity contribution in [3.05, 3.63) is 35.0 Å². The minimum absolute atomic E-state index is 0.0272. The molecule has 0 amide bonds. The lowest BCUT2D eigenvalue weighted by atomic mass is 10.1. The molecule has 0 spiro atoms. The van der Waals surface area contributed by atoms with Gasteiger partial charge in [-0.2, -0.15) is 0 Å². The van der Waals surface area contributed by atoms with Crippen LogP contribution in [0.15, 0.2) is 18.2 Å². The molecule has 0 bridgehead atoms. The predicted octanol–water partition coefficient (Wildman–Crippen LogP) is 2.00. The monoisotopic (exact) mass is 286 g/mol. The van der Waals surface area contributed by atoms with Crippen molar-refractivity contribution >= 4 is 11.6 Å². The number of nitrogens with two attached hydrogens (primary N) is 1. The molecule has 1 aromatic heterocycles. The molecule has 2 N–H and O–H groups in total. The standard InChI is InChI=1S/C15H18N4O2/c1-9(20)11-5-6-13(21-2)12(7-11)8-19-14(10-3-4-10)15(16)17-18-19/h5-7,10H,3-4,8,16H2,1-2H3. The molecule has 2 aromatic rings. The molecule has 0 aliphatic heterocycles. The molecule has 1 saturated carbocycles. The van der Waals surface area contributed by atoms with Gasteiger partial charge in [-0.15, -0.1) is 5.10 Å². The van der Waals surface area contributed by atoms with Crippen LogP contribution in [0.2, 0.25) is 0 Å². The zero-order chi connectivity index (χ0) is 15.0. The maximum Gasteiger partial charge on any atom is 0.169 e. The molecule has 3 rings (SSSR count). The lowest BCUT2D eigenvalue weighted by Crippen LogP contribution is -2.09. The number of hydrogen-bond donors (Lipinski definition) is 1. The number of carbonyl (C=O) groups excluding carboxylic acids is 1. The number of nitrogens with zero attached hydrogens (tertiary/aromatic N) is 3. The van der Waals surface area contributed by atoms with Gasteiger partial charge in [0.15, 0.2) is 11.6 Å². The van der Waals surface area contributed by atoms with Gasteiger partial charge in [0.2, 0.25) is 0 Å². The molecular weight excluding hydrogens is 268 g/mol. The van der Waals surface area contributed by atoms with E-state index in [0.29, 0.717) is 23.8 Å². The van der Waals surface area contributed by atoms with Crippen molar-refractivity contribution in [3.8, 4) is 5.75 Å². The number of aromatic nitrogens is 3. The number of anilines is 1. The first-order valence-electron chi connectivity index (χ1n) is 6.97. The summed E-state index contributed by atoms with van der Waals surface area (Å²) in [6, 6.07) is 5.42. The van der Waals surface area contributed by atoms with E-state index in [0.717, 1.165) is 29.8 Å². The van der Waals surface area contributed by atoms with Crippen molar-refractivity contribution < 1.29 is 9.53 Å². The third kappa shape index (κ3) is 2.61. The Hall–Kier alpha value is -2.37. The van der Waals surface area contributed by atoms with Crippen molar-refractivity contribution in [3.63, 3.8) is 0 Å². The second-order valence-corrected chi connectivity index (χ2v) is 5.37. The molecule has 1 aliphatic carbocycles. The van der Waals surface area contributed by atoms with E-state index in [9.17, 15) is 4.79 Å². The Morgan fingerprint density at radius 1 is 1.48 bits per heavy atom. The fourth-order valence-corrected chi connectivity index (χ4v) is 2.51. The number of carbonyl (C=O) groups is 1. The van der Waals surface area contributed by atoms with Crippen molar-refractivity contribution in [1.29, 1.82) is 0 Å². The number of nitrogen functional groups attached to an aromatic ring is 1. The number of ketones is 1. The highest BCUT2D eigenvalue weighted by molar-refractivity contribution is 5.94. The smallest absolute Gasteiger partial charge is 0.169 e. The van der Waals surface area contributed by atoms with E-state index in [1.807, 2.05) is 16.8 Å². The minimum Gasteiger partial charge on any atom is -0.496 e. The molecule has 0 unspecified atom stereocenters. The van der Waals surface area contributed by atoms with Crippen molar-refractivity contribution in [1.82, 2.24) is 15.0 Å². The Bertz CT molecular complexity index is 689. The highest BCUT2D eigenvalue weighted by Gasteiger charge is 2.30. The third-order valence-electron chi connectivity index (χ3n) is 3.77. The molecule has 6 nitrogen and oxygen atoms in total.